The Morgan fingerprint density at radius 2 is 0.717 bits per heavy atom. The van der Waals surface area contributed by atoms with Crippen LogP contribution >= 0.6 is 34.0 Å². The van der Waals surface area contributed by atoms with E-state index in [4.69, 9.17) is 0 Å². The van der Waals surface area contributed by atoms with Crippen LogP contribution in [0, 0.1) is 35.5 Å². The Hall–Kier alpha value is -5.94. The SMILES string of the molecule is CCCCn1c2ccc(C#Cc3cccs3)cc2c2c1c1c3cc(C#Cc4cccs4)ccc3n(CCCC)c1c1c3cc(C#Cc4cccs4)ccc3n(CCCC)c21. The minimum absolute atomic E-state index is 0.939. The van der Waals surface area contributed by atoms with E-state index in [1.807, 2.05) is 0 Å². The van der Waals surface area contributed by atoms with Gasteiger partial charge in [0.1, 0.15) is 0 Å². The van der Waals surface area contributed by atoms with E-state index in [0.29, 0.717) is 0 Å². The summed E-state index contributed by atoms with van der Waals surface area (Å²) in [6.45, 7) is 9.72. The Bertz CT molecular complexity index is 2990. The summed E-state index contributed by atoms with van der Waals surface area (Å²) in [5.41, 5.74) is 10.9. The van der Waals surface area contributed by atoms with E-state index in [-0.39, 0.29) is 0 Å². The fourth-order valence-corrected chi connectivity index (χ4v) is 10.6. The molecule has 0 radical (unpaired) electrons. The molecular weight excluding hydrogens is 787 g/mol. The summed E-state index contributed by atoms with van der Waals surface area (Å²) in [5, 5.41) is 14.1. The first-order chi connectivity index (χ1) is 29.6. The minimum Gasteiger partial charge on any atom is -0.340 e. The van der Waals surface area contributed by atoms with Crippen molar-refractivity contribution in [2.24, 2.45) is 0 Å². The first-order valence-electron chi connectivity index (χ1n) is 21.3. The Morgan fingerprint density at radius 3 is 0.983 bits per heavy atom. The molecule has 0 bridgehead atoms. The maximum absolute atomic E-state index is 3.55. The minimum atomic E-state index is 0.939. The summed E-state index contributed by atoms with van der Waals surface area (Å²) >= 11 is 5.07. The van der Waals surface area contributed by atoms with Gasteiger partial charge in [-0.15, -0.1) is 34.0 Å². The van der Waals surface area contributed by atoms with Gasteiger partial charge in [-0.1, -0.05) is 93.8 Å². The highest BCUT2D eigenvalue weighted by Crippen LogP contribution is 2.49. The molecule has 6 heteroatoms. The third kappa shape index (κ3) is 6.82. The molecule has 0 spiro atoms. The van der Waals surface area contributed by atoms with Gasteiger partial charge in [0.25, 0.3) is 0 Å². The van der Waals surface area contributed by atoms with Crippen molar-refractivity contribution in [2.45, 2.75) is 78.9 Å². The van der Waals surface area contributed by atoms with Crippen molar-refractivity contribution in [2.75, 3.05) is 0 Å². The van der Waals surface area contributed by atoms with Gasteiger partial charge in [0.2, 0.25) is 0 Å². The van der Waals surface area contributed by atoms with Crippen LogP contribution in [0.25, 0.3) is 65.4 Å². The zero-order chi connectivity index (χ0) is 40.6. The predicted octanol–water partition coefficient (Wildman–Crippen LogP) is 14.8. The van der Waals surface area contributed by atoms with Crippen LogP contribution in [-0.4, -0.2) is 13.7 Å². The molecule has 0 saturated carbocycles. The average molecular weight is 832 g/mol. The number of benzene rings is 4. The number of fused-ring (bicyclic) bond motifs is 12. The van der Waals surface area contributed by atoms with E-state index >= 15 is 0 Å². The van der Waals surface area contributed by atoms with Gasteiger partial charge in [-0.05, 0) is 108 Å². The van der Waals surface area contributed by atoms with Crippen LogP contribution in [0.4, 0.5) is 0 Å². The number of hydrogen-bond acceptors (Lipinski definition) is 3. The maximum atomic E-state index is 3.55. The van der Waals surface area contributed by atoms with Crippen molar-refractivity contribution >= 4 is 99.4 Å². The van der Waals surface area contributed by atoms with Crippen LogP contribution in [0.1, 0.15) is 90.6 Å². The predicted molar refractivity (Wildman–Crippen MR) is 261 cm³/mol. The van der Waals surface area contributed by atoms with E-state index in [9.17, 15) is 0 Å². The van der Waals surface area contributed by atoms with Gasteiger partial charge in [-0.3, -0.25) is 0 Å². The molecule has 0 atom stereocenters. The molecule has 0 saturated heterocycles. The number of aryl methyl sites for hydroxylation is 3. The zero-order valence-corrected chi connectivity index (χ0v) is 36.8. The highest BCUT2D eigenvalue weighted by atomic mass is 32.1. The quantitative estimate of drug-likeness (QED) is 0.129. The topological polar surface area (TPSA) is 14.8 Å². The lowest BCUT2D eigenvalue weighted by molar-refractivity contribution is 0.662. The Balaban J connectivity index is 1.41. The number of unbranched alkanes of at least 4 members (excludes halogenated alkanes) is 3. The monoisotopic (exact) mass is 831 g/mol. The van der Waals surface area contributed by atoms with Crippen molar-refractivity contribution in [1.82, 2.24) is 13.7 Å². The molecule has 6 aromatic heterocycles. The number of nitrogens with zero attached hydrogens (tertiary/aromatic N) is 3. The molecule has 6 heterocycles. The number of aromatic nitrogens is 3. The molecule has 0 amide bonds. The zero-order valence-electron chi connectivity index (χ0n) is 34.3. The van der Waals surface area contributed by atoms with Crippen LogP contribution in [-0.2, 0) is 19.6 Å². The standard InChI is InChI=1S/C54H45N3S3/c1-4-7-28-55-46-25-19-37(16-22-40-13-10-31-58-40)34-43(46)49-52(55)50-44-35-38(17-23-41-14-11-32-59-41)20-26-47(44)56(29-8-5-2)54(50)51-45-36-39(18-24-42-15-12-33-60-42)21-27-48(45)57(53(49)51)30-9-6-3/h10-15,19-21,25-27,31-36H,4-9,28-30H2,1-3H3. The Labute approximate surface area is 363 Å². The maximum Gasteiger partial charge on any atom is 0.0772 e. The Kier molecular flexibility index (Phi) is 10.6. The van der Waals surface area contributed by atoms with E-state index in [1.165, 1.54) is 65.4 Å². The lowest BCUT2D eigenvalue weighted by Gasteiger charge is -2.13. The second-order valence-corrected chi connectivity index (χ2v) is 18.4. The second kappa shape index (κ2) is 16.6. The van der Waals surface area contributed by atoms with E-state index in [2.05, 4.69) is 177 Å². The fraction of sp³-hybridized carbons (Fsp3) is 0.222. The van der Waals surface area contributed by atoms with Gasteiger partial charge in [0, 0.05) is 85.2 Å². The average Bonchev–Trinajstić information content (AvgIpc) is 4.15. The molecule has 4 aromatic carbocycles. The number of thiophene rings is 3. The van der Waals surface area contributed by atoms with E-state index < -0.39 is 0 Å². The lowest BCUT2D eigenvalue weighted by atomic mass is 10.00. The first kappa shape index (κ1) is 38.3. The van der Waals surface area contributed by atoms with Gasteiger partial charge in [0.05, 0.1) is 31.2 Å². The molecule has 0 fully saturated rings. The number of hydrogen-bond donors (Lipinski definition) is 0. The van der Waals surface area contributed by atoms with Crippen molar-refractivity contribution in [3.8, 4) is 35.5 Å². The van der Waals surface area contributed by atoms with Gasteiger partial charge in [-0.2, -0.15) is 0 Å². The molecule has 0 N–H and O–H groups in total. The molecular formula is C54H45N3S3. The van der Waals surface area contributed by atoms with Crippen molar-refractivity contribution in [3.63, 3.8) is 0 Å². The molecule has 294 valence electrons. The van der Waals surface area contributed by atoms with Gasteiger partial charge >= 0.3 is 0 Å². The summed E-state index contributed by atoms with van der Waals surface area (Å²) in [7, 11) is 0. The van der Waals surface area contributed by atoms with E-state index in [1.54, 1.807) is 34.0 Å². The lowest BCUT2D eigenvalue weighted by Crippen LogP contribution is -2.01. The third-order valence-corrected chi connectivity index (χ3v) is 14.0. The summed E-state index contributed by atoms with van der Waals surface area (Å²) in [4.78, 5) is 3.25. The van der Waals surface area contributed by atoms with Crippen LogP contribution in [0.2, 0.25) is 0 Å². The molecule has 0 aliphatic heterocycles. The third-order valence-electron chi connectivity index (χ3n) is 11.7. The Morgan fingerprint density at radius 1 is 0.400 bits per heavy atom. The normalized spacial score (nSPS) is 11.4. The molecule has 0 aliphatic carbocycles. The summed E-state index contributed by atoms with van der Waals surface area (Å²) < 4.78 is 7.96. The van der Waals surface area contributed by atoms with Gasteiger partial charge in [-0.25, -0.2) is 0 Å². The van der Waals surface area contributed by atoms with Gasteiger partial charge in [0.15, 0.2) is 0 Å². The molecule has 0 aliphatic rings. The van der Waals surface area contributed by atoms with Crippen molar-refractivity contribution < 1.29 is 0 Å². The summed E-state index contributed by atoms with van der Waals surface area (Å²) in [5.74, 6) is 21.0. The van der Waals surface area contributed by atoms with Crippen molar-refractivity contribution in [1.29, 1.82) is 0 Å². The molecule has 10 rings (SSSR count). The molecule has 10 aromatic rings. The number of rotatable bonds is 9. The van der Waals surface area contributed by atoms with Crippen LogP contribution in [0.15, 0.2) is 107 Å². The van der Waals surface area contributed by atoms with Crippen LogP contribution in [0.5, 0.6) is 0 Å². The second-order valence-electron chi connectivity index (χ2n) is 15.6. The molecule has 0 unspecified atom stereocenters. The first-order valence-corrected chi connectivity index (χ1v) is 24.0. The summed E-state index contributed by atoms with van der Waals surface area (Å²) in [6, 6.07) is 33.4. The van der Waals surface area contributed by atoms with Crippen molar-refractivity contribution in [3.05, 3.63) is 138 Å². The van der Waals surface area contributed by atoms with E-state index in [0.717, 1.165) is 89.5 Å². The molecule has 60 heavy (non-hydrogen) atoms. The fourth-order valence-electron chi connectivity index (χ4n) is 8.89. The highest BCUT2D eigenvalue weighted by molar-refractivity contribution is 7.11. The summed E-state index contributed by atoms with van der Waals surface area (Å²) in [6.07, 6.45) is 6.62. The molecule has 3 nitrogen and oxygen atoms in total. The van der Waals surface area contributed by atoms with Gasteiger partial charge < -0.3 is 13.7 Å². The smallest absolute Gasteiger partial charge is 0.0772 e. The highest BCUT2D eigenvalue weighted by Gasteiger charge is 2.27. The van der Waals surface area contributed by atoms with Crippen LogP contribution < -0.4 is 0 Å². The van der Waals surface area contributed by atoms with Crippen LogP contribution in [0.3, 0.4) is 0 Å². The largest absolute Gasteiger partial charge is 0.340 e.